The number of halogens is 1. The summed E-state index contributed by atoms with van der Waals surface area (Å²) in [6.07, 6.45) is 5.11. The first-order valence-corrected chi connectivity index (χ1v) is 8.19. The Balaban J connectivity index is 1.64. The van der Waals surface area contributed by atoms with Gasteiger partial charge in [0.1, 0.15) is 17.3 Å². The quantitative estimate of drug-likeness (QED) is 0.901. The first kappa shape index (κ1) is 16.6. The predicted octanol–water partition coefficient (Wildman–Crippen LogP) is 2.24. The number of amides is 1. The number of rotatable bonds is 4. The van der Waals surface area contributed by atoms with Gasteiger partial charge in [0.05, 0.1) is 17.9 Å². The third-order valence-corrected chi connectivity index (χ3v) is 4.49. The van der Waals surface area contributed by atoms with E-state index >= 15 is 0 Å². The minimum Gasteiger partial charge on any atom is -0.343 e. The van der Waals surface area contributed by atoms with Gasteiger partial charge in [-0.3, -0.25) is 9.78 Å². The topological polar surface area (TPSA) is 73.9 Å². The van der Waals surface area contributed by atoms with Crippen LogP contribution in [0.2, 0.25) is 0 Å². The van der Waals surface area contributed by atoms with Gasteiger partial charge >= 0.3 is 0 Å². The van der Waals surface area contributed by atoms with E-state index in [2.05, 4.69) is 32.2 Å². The first-order chi connectivity index (χ1) is 11.5. The van der Waals surface area contributed by atoms with Crippen LogP contribution in [0.25, 0.3) is 0 Å². The van der Waals surface area contributed by atoms with Crippen LogP contribution in [-0.2, 0) is 0 Å². The molecule has 0 radical (unpaired) electrons. The maximum absolute atomic E-state index is 13.7. The number of aromatic nitrogens is 3. The van der Waals surface area contributed by atoms with Crippen molar-refractivity contribution in [3.63, 3.8) is 0 Å². The summed E-state index contributed by atoms with van der Waals surface area (Å²) in [7, 11) is 2.11. The van der Waals surface area contributed by atoms with Crippen LogP contribution in [0, 0.1) is 5.82 Å². The Labute approximate surface area is 140 Å². The maximum atomic E-state index is 13.7. The van der Waals surface area contributed by atoms with Crippen LogP contribution in [0.1, 0.15) is 53.7 Å². The molecule has 6 nitrogen and oxygen atoms in total. The zero-order valence-corrected chi connectivity index (χ0v) is 13.9. The standard InChI is InChI=1S/C17H22FN5O/c1-11(15-13(18)4-3-7-19-15)21-17(24)14-10-20-16(22-14)12-5-8-23(2)9-6-12/h3-4,7,10-12H,5-6,8-9H2,1-2H3,(H,20,22)(H,21,24). The summed E-state index contributed by atoms with van der Waals surface area (Å²) in [5.41, 5.74) is 0.619. The lowest BCUT2D eigenvalue weighted by atomic mass is 9.97. The number of aromatic amines is 1. The van der Waals surface area contributed by atoms with Crippen molar-refractivity contribution in [3.05, 3.63) is 47.6 Å². The van der Waals surface area contributed by atoms with Gasteiger partial charge in [-0.15, -0.1) is 0 Å². The molecular weight excluding hydrogens is 309 g/mol. The van der Waals surface area contributed by atoms with Gasteiger partial charge in [0.15, 0.2) is 0 Å². The van der Waals surface area contributed by atoms with E-state index in [-0.39, 0.29) is 11.6 Å². The minimum absolute atomic E-state index is 0.223. The maximum Gasteiger partial charge on any atom is 0.269 e. The summed E-state index contributed by atoms with van der Waals surface area (Å²) in [6.45, 7) is 3.77. The third kappa shape index (κ3) is 3.62. The molecule has 1 amide bonds. The van der Waals surface area contributed by atoms with Crippen LogP contribution in [-0.4, -0.2) is 45.9 Å². The van der Waals surface area contributed by atoms with Crippen LogP contribution >= 0.6 is 0 Å². The number of pyridine rings is 1. The van der Waals surface area contributed by atoms with Crippen molar-refractivity contribution in [1.82, 2.24) is 25.2 Å². The zero-order chi connectivity index (χ0) is 17.1. The number of imidazole rings is 1. The predicted molar refractivity (Wildman–Crippen MR) is 88.1 cm³/mol. The highest BCUT2D eigenvalue weighted by Crippen LogP contribution is 2.25. The van der Waals surface area contributed by atoms with E-state index in [0.29, 0.717) is 11.6 Å². The highest BCUT2D eigenvalue weighted by Gasteiger charge is 2.23. The number of carbonyl (C=O) groups is 1. The highest BCUT2D eigenvalue weighted by atomic mass is 19.1. The van der Waals surface area contributed by atoms with E-state index < -0.39 is 11.9 Å². The Hall–Kier alpha value is -2.28. The average molecular weight is 331 g/mol. The fourth-order valence-corrected chi connectivity index (χ4v) is 3.00. The summed E-state index contributed by atoms with van der Waals surface area (Å²) in [6, 6.07) is 2.34. The summed E-state index contributed by atoms with van der Waals surface area (Å²) >= 11 is 0. The number of H-pyrrole nitrogens is 1. The van der Waals surface area contributed by atoms with Crippen molar-refractivity contribution in [2.24, 2.45) is 0 Å². The van der Waals surface area contributed by atoms with Crippen molar-refractivity contribution >= 4 is 5.91 Å². The van der Waals surface area contributed by atoms with Gasteiger partial charge in [0.2, 0.25) is 0 Å². The van der Waals surface area contributed by atoms with Crippen molar-refractivity contribution in [2.45, 2.75) is 31.7 Å². The van der Waals surface area contributed by atoms with Crippen LogP contribution in [0.4, 0.5) is 4.39 Å². The molecule has 2 aromatic heterocycles. The van der Waals surface area contributed by atoms with Crippen LogP contribution in [0.3, 0.4) is 0 Å². The molecule has 0 aromatic carbocycles. The lowest BCUT2D eigenvalue weighted by Crippen LogP contribution is -2.30. The molecule has 3 rings (SSSR count). The Morgan fingerprint density at radius 3 is 2.88 bits per heavy atom. The molecule has 0 saturated carbocycles. The molecule has 1 aliphatic heterocycles. The Bertz CT molecular complexity index is 709. The van der Waals surface area contributed by atoms with E-state index in [4.69, 9.17) is 0 Å². The van der Waals surface area contributed by atoms with Gasteiger partial charge < -0.3 is 15.2 Å². The van der Waals surface area contributed by atoms with Crippen LogP contribution in [0.5, 0.6) is 0 Å². The number of nitrogens with one attached hydrogen (secondary N) is 2. The van der Waals surface area contributed by atoms with Gasteiger partial charge in [-0.2, -0.15) is 0 Å². The molecule has 7 heteroatoms. The number of piperidine rings is 1. The van der Waals surface area contributed by atoms with Crippen molar-refractivity contribution in [1.29, 1.82) is 0 Å². The molecule has 2 aromatic rings. The molecule has 0 bridgehead atoms. The molecule has 0 aliphatic carbocycles. The van der Waals surface area contributed by atoms with E-state index in [0.717, 1.165) is 31.8 Å². The molecule has 128 valence electrons. The zero-order valence-electron chi connectivity index (χ0n) is 13.9. The molecule has 0 spiro atoms. The smallest absolute Gasteiger partial charge is 0.269 e. The summed E-state index contributed by atoms with van der Waals surface area (Å²) in [4.78, 5) is 26.1. The van der Waals surface area contributed by atoms with Gasteiger partial charge in [-0.1, -0.05) is 0 Å². The number of hydrogen-bond acceptors (Lipinski definition) is 4. The Kier molecular flexibility index (Phi) is 4.89. The minimum atomic E-state index is -0.520. The molecule has 1 atom stereocenters. The van der Waals surface area contributed by atoms with E-state index in [1.54, 1.807) is 13.1 Å². The van der Waals surface area contributed by atoms with Gasteiger partial charge in [0, 0.05) is 12.1 Å². The summed E-state index contributed by atoms with van der Waals surface area (Å²) in [5.74, 6) is 0.472. The molecule has 2 N–H and O–H groups in total. The van der Waals surface area contributed by atoms with Crippen LogP contribution in [0.15, 0.2) is 24.5 Å². The summed E-state index contributed by atoms with van der Waals surface area (Å²) in [5, 5.41) is 2.76. The number of carbonyl (C=O) groups excluding carboxylic acids is 1. The van der Waals surface area contributed by atoms with Crippen molar-refractivity contribution in [2.75, 3.05) is 20.1 Å². The summed E-state index contributed by atoms with van der Waals surface area (Å²) < 4.78 is 13.7. The highest BCUT2D eigenvalue weighted by molar-refractivity contribution is 5.92. The van der Waals surface area contributed by atoms with Crippen molar-refractivity contribution < 1.29 is 9.18 Å². The molecular formula is C17H22FN5O. The van der Waals surface area contributed by atoms with Gasteiger partial charge in [0.25, 0.3) is 5.91 Å². The Morgan fingerprint density at radius 1 is 1.42 bits per heavy atom. The monoisotopic (exact) mass is 331 g/mol. The lowest BCUT2D eigenvalue weighted by molar-refractivity contribution is 0.0933. The molecule has 1 fully saturated rings. The number of nitrogens with zero attached hydrogens (tertiary/aromatic N) is 3. The number of hydrogen-bond donors (Lipinski definition) is 2. The molecule has 1 unspecified atom stereocenters. The largest absolute Gasteiger partial charge is 0.343 e. The van der Waals surface area contributed by atoms with E-state index in [9.17, 15) is 9.18 Å². The second kappa shape index (κ2) is 7.09. The normalized spacial score (nSPS) is 17.6. The van der Waals surface area contributed by atoms with Crippen LogP contribution < -0.4 is 5.32 Å². The first-order valence-electron chi connectivity index (χ1n) is 8.19. The second-order valence-corrected chi connectivity index (χ2v) is 6.33. The van der Waals surface area contributed by atoms with E-state index in [1.165, 1.54) is 18.3 Å². The Morgan fingerprint density at radius 2 is 2.17 bits per heavy atom. The SMILES string of the molecule is CC(NC(=O)c1cnc(C2CCN(C)CC2)[nH]1)c1ncccc1F. The molecule has 1 aliphatic rings. The average Bonchev–Trinajstić information content (AvgIpc) is 3.06. The fraction of sp³-hybridized carbons (Fsp3) is 0.471. The van der Waals surface area contributed by atoms with Gasteiger partial charge in [-0.05, 0) is 52.0 Å². The fourth-order valence-electron chi connectivity index (χ4n) is 3.00. The van der Waals surface area contributed by atoms with Crippen molar-refractivity contribution in [3.8, 4) is 0 Å². The number of likely N-dealkylation sites (tertiary alicyclic amines) is 1. The third-order valence-electron chi connectivity index (χ3n) is 4.49. The molecule has 1 saturated heterocycles. The van der Waals surface area contributed by atoms with E-state index in [1.807, 2.05) is 0 Å². The molecule has 24 heavy (non-hydrogen) atoms. The second-order valence-electron chi connectivity index (χ2n) is 6.33. The van der Waals surface area contributed by atoms with Gasteiger partial charge in [-0.25, -0.2) is 9.37 Å². The lowest BCUT2D eigenvalue weighted by Gasteiger charge is -2.27. The molecule has 3 heterocycles.